The van der Waals surface area contributed by atoms with Crippen molar-refractivity contribution in [3.05, 3.63) is 46.5 Å². The maximum atomic E-state index is 15.3. The van der Waals surface area contributed by atoms with Crippen molar-refractivity contribution in [3.8, 4) is 11.1 Å². The Morgan fingerprint density at radius 1 is 1.15 bits per heavy atom. The summed E-state index contributed by atoms with van der Waals surface area (Å²) < 4.78 is 72.4. The molecule has 3 N–H and O–H groups in total. The molecule has 2 unspecified atom stereocenters. The molecule has 0 saturated heterocycles. The van der Waals surface area contributed by atoms with Crippen molar-refractivity contribution in [1.29, 1.82) is 0 Å². The Morgan fingerprint density at radius 3 is 2.52 bits per heavy atom. The molecule has 7 nitrogen and oxygen atoms in total. The highest BCUT2D eigenvalue weighted by molar-refractivity contribution is 7.87. The van der Waals surface area contributed by atoms with Crippen molar-refractivity contribution in [1.82, 2.24) is 4.98 Å². The topological polar surface area (TPSA) is 117 Å². The predicted molar refractivity (Wildman–Crippen MR) is 126 cm³/mol. The molecule has 0 aliphatic heterocycles. The van der Waals surface area contributed by atoms with Crippen LogP contribution in [0, 0.1) is 5.82 Å². The van der Waals surface area contributed by atoms with Gasteiger partial charge in [-0.15, -0.1) is 0 Å². The van der Waals surface area contributed by atoms with E-state index in [1.54, 1.807) is 6.92 Å². The monoisotopic (exact) mass is 496 g/mol. The van der Waals surface area contributed by atoms with Gasteiger partial charge < -0.3 is 4.55 Å². The summed E-state index contributed by atoms with van der Waals surface area (Å²) in [5.41, 5.74) is 3.26. The van der Waals surface area contributed by atoms with Crippen LogP contribution in [-0.4, -0.2) is 26.7 Å². The summed E-state index contributed by atoms with van der Waals surface area (Å²) in [4.78, 5) is 4.87. The van der Waals surface area contributed by atoms with Gasteiger partial charge in [-0.25, -0.2) is 8.60 Å². The lowest BCUT2D eigenvalue weighted by Crippen LogP contribution is -2.20. The summed E-state index contributed by atoms with van der Waals surface area (Å²) in [6, 6.07) is 4.21. The standard InChI is InChI=1S/C23H29FN2O5S2/c1-14(32(27)28)16-11-12-19(24)18(13-16)21-17-9-5-6-10-20(17)25-22(15-7-3-2-4-8-15)23(21)26-33(29,30)31/h11-15,26H,2-10H2,1H3,(H,27,28)(H,29,30,31). The highest BCUT2D eigenvalue weighted by Gasteiger charge is 2.30. The molecule has 1 fully saturated rings. The number of halogens is 1. The van der Waals surface area contributed by atoms with E-state index in [0.717, 1.165) is 56.2 Å². The van der Waals surface area contributed by atoms with E-state index in [0.29, 0.717) is 29.7 Å². The molecule has 1 aromatic heterocycles. The van der Waals surface area contributed by atoms with Gasteiger partial charge in [-0.3, -0.25) is 14.3 Å². The fourth-order valence-electron chi connectivity index (χ4n) is 5.07. The summed E-state index contributed by atoms with van der Waals surface area (Å²) in [6.07, 6.45) is 7.89. The van der Waals surface area contributed by atoms with Gasteiger partial charge in [-0.1, -0.05) is 25.3 Å². The molecule has 1 heterocycles. The average Bonchev–Trinajstić information content (AvgIpc) is 2.78. The lowest BCUT2D eigenvalue weighted by molar-refractivity contribution is 0.436. The molecule has 33 heavy (non-hydrogen) atoms. The Kier molecular flexibility index (Phi) is 7.18. The van der Waals surface area contributed by atoms with Gasteiger partial charge in [0.05, 0.1) is 16.6 Å². The van der Waals surface area contributed by atoms with E-state index in [1.165, 1.54) is 18.2 Å². The second-order valence-electron chi connectivity index (χ2n) is 8.95. The van der Waals surface area contributed by atoms with Gasteiger partial charge in [0.25, 0.3) is 0 Å². The normalized spacial score (nSPS) is 19.0. The van der Waals surface area contributed by atoms with E-state index >= 15 is 4.39 Å². The molecular weight excluding hydrogens is 467 g/mol. The van der Waals surface area contributed by atoms with E-state index < -0.39 is 32.5 Å². The summed E-state index contributed by atoms with van der Waals surface area (Å²) in [6.45, 7) is 1.57. The molecule has 2 aliphatic rings. The van der Waals surface area contributed by atoms with E-state index in [9.17, 15) is 21.7 Å². The van der Waals surface area contributed by atoms with Gasteiger partial charge in [-0.05, 0) is 68.7 Å². The molecule has 0 bridgehead atoms. The summed E-state index contributed by atoms with van der Waals surface area (Å²) in [7, 11) is -4.65. The van der Waals surface area contributed by atoms with E-state index in [2.05, 4.69) is 4.72 Å². The largest absolute Gasteiger partial charge is 0.357 e. The first-order valence-electron chi connectivity index (χ1n) is 11.4. The van der Waals surface area contributed by atoms with Crippen LogP contribution in [-0.2, 0) is 34.2 Å². The lowest BCUT2D eigenvalue weighted by Gasteiger charge is -2.29. The summed E-state index contributed by atoms with van der Waals surface area (Å²) in [5, 5.41) is -0.752. The third kappa shape index (κ3) is 5.29. The first-order valence-corrected chi connectivity index (χ1v) is 14.0. The number of pyridine rings is 1. The predicted octanol–water partition coefficient (Wildman–Crippen LogP) is 5.31. The van der Waals surface area contributed by atoms with Crippen molar-refractivity contribution in [2.45, 2.75) is 75.9 Å². The quantitative estimate of drug-likeness (QED) is 0.369. The maximum absolute atomic E-state index is 15.3. The zero-order chi connectivity index (χ0) is 23.8. The lowest BCUT2D eigenvalue weighted by atomic mass is 9.81. The molecule has 1 saturated carbocycles. The Balaban J connectivity index is 2.02. The van der Waals surface area contributed by atoms with Crippen LogP contribution in [0.2, 0.25) is 0 Å². The van der Waals surface area contributed by atoms with E-state index in [-0.39, 0.29) is 17.2 Å². The van der Waals surface area contributed by atoms with Gasteiger partial charge in [0.15, 0.2) is 11.1 Å². The summed E-state index contributed by atoms with van der Waals surface area (Å²) in [5.74, 6) is -0.564. The molecule has 0 radical (unpaired) electrons. The molecule has 0 amide bonds. The zero-order valence-electron chi connectivity index (χ0n) is 18.5. The summed E-state index contributed by atoms with van der Waals surface area (Å²) >= 11 is -2.15. The number of fused-ring (bicyclic) bond motifs is 1. The minimum absolute atomic E-state index is 0.00379. The van der Waals surface area contributed by atoms with Gasteiger partial charge in [-0.2, -0.15) is 8.42 Å². The van der Waals surface area contributed by atoms with Crippen molar-refractivity contribution in [2.75, 3.05) is 4.72 Å². The number of benzene rings is 1. The first kappa shape index (κ1) is 24.3. The third-order valence-electron chi connectivity index (χ3n) is 6.76. The zero-order valence-corrected chi connectivity index (χ0v) is 20.1. The minimum atomic E-state index is -4.65. The minimum Gasteiger partial charge on any atom is -0.306 e. The SMILES string of the molecule is CC(c1ccc(F)c(-c2c3c(nc(C4CCCCC4)c2NS(=O)(=O)O)CCCC3)c1)S(=O)O. The Bertz CT molecular complexity index is 1180. The molecule has 1 aromatic carbocycles. The number of rotatable bonds is 6. The van der Waals surface area contributed by atoms with Gasteiger partial charge in [0, 0.05) is 22.7 Å². The molecule has 2 aromatic rings. The highest BCUT2D eigenvalue weighted by Crippen LogP contribution is 2.45. The van der Waals surface area contributed by atoms with Gasteiger partial charge >= 0.3 is 10.3 Å². The van der Waals surface area contributed by atoms with Crippen LogP contribution >= 0.6 is 0 Å². The van der Waals surface area contributed by atoms with Crippen molar-refractivity contribution in [2.24, 2.45) is 0 Å². The molecule has 4 rings (SSSR count). The smallest absolute Gasteiger partial charge is 0.306 e. The van der Waals surface area contributed by atoms with Crippen molar-refractivity contribution >= 4 is 27.1 Å². The van der Waals surface area contributed by atoms with Crippen LogP contribution in [0.15, 0.2) is 18.2 Å². The Hall–Kier alpha value is -1.88. The Morgan fingerprint density at radius 2 is 1.85 bits per heavy atom. The molecular formula is C23H29FN2O5S2. The fourth-order valence-corrected chi connectivity index (χ4v) is 5.91. The maximum Gasteiger partial charge on any atom is 0.357 e. The average molecular weight is 497 g/mol. The van der Waals surface area contributed by atoms with Crippen LogP contribution in [0.25, 0.3) is 11.1 Å². The number of hydrogen-bond acceptors (Lipinski definition) is 4. The van der Waals surface area contributed by atoms with E-state index in [4.69, 9.17) is 4.98 Å². The number of aromatic nitrogens is 1. The highest BCUT2D eigenvalue weighted by atomic mass is 32.2. The molecule has 2 aliphatic carbocycles. The molecule has 180 valence electrons. The number of nitrogens with one attached hydrogen (secondary N) is 1. The fraction of sp³-hybridized carbons (Fsp3) is 0.522. The van der Waals surface area contributed by atoms with Crippen molar-refractivity contribution < 1.29 is 26.1 Å². The second kappa shape index (κ2) is 9.77. The van der Waals surface area contributed by atoms with Crippen LogP contribution in [0.3, 0.4) is 0 Å². The van der Waals surface area contributed by atoms with Crippen molar-refractivity contribution in [3.63, 3.8) is 0 Å². The van der Waals surface area contributed by atoms with E-state index in [1.807, 2.05) is 0 Å². The van der Waals surface area contributed by atoms with Gasteiger partial charge in [0.2, 0.25) is 0 Å². The molecule has 10 heteroatoms. The number of anilines is 1. The molecule has 2 atom stereocenters. The van der Waals surface area contributed by atoms with Gasteiger partial charge in [0.1, 0.15) is 5.82 Å². The number of aryl methyl sites for hydroxylation is 1. The second-order valence-corrected chi connectivity index (χ2v) is 11.4. The number of nitrogens with zero attached hydrogens (tertiary/aromatic N) is 1. The number of hydrogen-bond donors (Lipinski definition) is 3. The Labute approximate surface area is 196 Å². The van der Waals surface area contributed by atoms with Crippen LogP contribution in [0.4, 0.5) is 10.1 Å². The third-order valence-corrected chi connectivity index (χ3v) is 8.10. The van der Waals surface area contributed by atoms with Crippen LogP contribution in [0.1, 0.15) is 85.6 Å². The van der Waals surface area contributed by atoms with Crippen LogP contribution in [0.5, 0.6) is 0 Å². The first-order chi connectivity index (χ1) is 15.7. The molecule has 0 spiro atoms. The van der Waals surface area contributed by atoms with Crippen LogP contribution < -0.4 is 4.72 Å².